The molecule has 4 heterocycles. The second-order valence-electron chi connectivity index (χ2n) is 7.58. The Hall–Kier alpha value is -3.06. The topological polar surface area (TPSA) is 73.1 Å². The molecular weight excluding hydrogens is 354 g/mol. The van der Waals surface area contributed by atoms with Crippen LogP contribution in [0.4, 0.5) is 5.69 Å². The molecule has 0 spiro atoms. The number of nitrogens with zero attached hydrogens (tertiary/aromatic N) is 3. The van der Waals surface area contributed by atoms with Crippen molar-refractivity contribution >= 4 is 28.6 Å². The van der Waals surface area contributed by atoms with Gasteiger partial charge in [0, 0.05) is 56.0 Å². The van der Waals surface area contributed by atoms with Crippen LogP contribution in [0.3, 0.4) is 0 Å². The molecule has 1 aromatic carbocycles. The van der Waals surface area contributed by atoms with Crippen molar-refractivity contribution in [1.82, 2.24) is 15.5 Å². The summed E-state index contributed by atoms with van der Waals surface area (Å²) in [6.07, 6.45) is 5.71. The minimum absolute atomic E-state index is 0.0331. The minimum atomic E-state index is -0.0447. The summed E-state index contributed by atoms with van der Waals surface area (Å²) in [6, 6.07) is 7.88. The van der Waals surface area contributed by atoms with Crippen molar-refractivity contribution in [2.45, 2.75) is 26.1 Å². The van der Waals surface area contributed by atoms with E-state index in [0.717, 1.165) is 36.7 Å². The minimum Gasteiger partial charge on any atom is -0.454 e. The van der Waals surface area contributed by atoms with Crippen molar-refractivity contribution < 1.29 is 4.42 Å². The summed E-state index contributed by atoms with van der Waals surface area (Å²) in [5.74, 6) is 0.537. The summed E-state index contributed by atoms with van der Waals surface area (Å²) in [7, 11) is 0. The van der Waals surface area contributed by atoms with Gasteiger partial charge in [0.15, 0.2) is 11.2 Å². The average molecular weight is 377 g/mol. The molecule has 0 radical (unpaired) electrons. The predicted octanol–water partition coefficient (Wildman–Crippen LogP) is 2.07. The van der Waals surface area contributed by atoms with Gasteiger partial charge in [-0.25, -0.2) is 0 Å². The Labute approximate surface area is 163 Å². The van der Waals surface area contributed by atoms with E-state index in [1.165, 1.54) is 0 Å². The van der Waals surface area contributed by atoms with Crippen LogP contribution in [0.1, 0.15) is 19.6 Å². The van der Waals surface area contributed by atoms with Crippen LogP contribution < -0.4 is 21.0 Å². The average Bonchev–Trinajstić information content (AvgIpc) is 3.11. The van der Waals surface area contributed by atoms with Crippen molar-refractivity contribution in [2.24, 2.45) is 4.99 Å². The first-order valence-corrected chi connectivity index (χ1v) is 9.62. The van der Waals surface area contributed by atoms with Gasteiger partial charge >= 0.3 is 0 Å². The van der Waals surface area contributed by atoms with Gasteiger partial charge in [0.25, 0.3) is 0 Å². The first-order valence-electron chi connectivity index (χ1n) is 9.62. The van der Waals surface area contributed by atoms with Gasteiger partial charge in [-0.3, -0.25) is 9.79 Å². The molecule has 28 heavy (non-hydrogen) atoms. The maximum absolute atomic E-state index is 12.8. The van der Waals surface area contributed by atoms with Crippen LogP contribution in [0.5, 0.6) is 0 Å². The molecule has 7 nitrogen and oxygen atoms in total. The van der Waals surface area contributed by atoms with E-state index in [-0.39, 0.29) is 11.6 Å². The predicted molar refractivity (Wildman–Crippen MR) is 111 cm³/mol. The molecule has 5 rings (SSSR count). The van der Waals surface area contributed by atoms with Gasteiger partial charge < -0.3 is 24.9 Å². The fourth-order valence-electron chi connectivity index (χ4n) is 3.94. The number of piperazine rings is 1. The first-order chi connectivity index (χ1) is 13.6. The molecule has 0 amide bonds. The maximum Gasteiger partial charge on any atom is 0.193 e. The van der Waals surface area contributed by atoms with Crippen molar-refractivity contribution in [2.75, 3.05) is 24.5 Å². The molecule has 2 N–H and O–H groups in total. The summed E-state index contributed by atoms with van der Waals surface area (Å²) < 4.78 is 6.07. The molecular formula is C21H23N5O2. The third-order valence-electron chi connectivity index (χ3n) is 5.37. The summed E-state index contributed by atoms with van der Waals surface area (Å²) in [5, 5.41) is 7.39. The van der Waals surface area contributed by atoms with Crippen LogP contribution in [-0.4, -0.2) is 43.0 Å². The van der Waals surface area contributed by atoms with Gasteiger partial charge in [-0.1, -0.05) is 0 Å². The molecule has 1 saturated heterocycles. The Morgan fingerprint density at radius 3 is 3.00 bits per heavy atom. The molecule has 2 atom stereocenters. The number of nitrogens with one attached hydrogen (secondary N) is 2. The Morgan fingerprint density at radius 1 is 1.25 bits per heavy atom. The highest BCUT2D eigenvalue weighted by atomic mass is 16.3. The number of anilines is 1. The number of fused-ring (bicyclic) bond motifs is 2. The van der Waals surface area contributed by atoms with Gasteiger partial charge in [0.05, 0.1) is 16.8 Å². The number of hydrogen-bond donors (Lipinski definition) is 2. The van der Waals surface area contributed by atoms with Gasteiger partial charge in [0.1, 0.15) is 11.7 Å². The van der Waals surface area contributed by atoms with Crippen LogP contribution in [0, 0.1) is 0 Å². The number of rotatable bonds is 2. The molecule has 0 bridgehead atoms. The summed E-state index contributed by atoms with van der Waals surface area (Å²) in [5.41, 5.74) is 3.34. The standard InChI is InChI=1S/C21H23N5O2/c1-13-10-25(6-5-22-13)15-3-4-19-16(7-15)18(27)8-20(28-19)17-12-26-11-14(2)23-9-21(26)24-17/h3-4,7-9,11-13,21-22,24H,5-6,10H2,1-2H3/t13-,21?/m0/s1. The zero-order chi connectivity index (χ0) is 19.3. The van der Waals surface area contributed by atoms with Crippen molar-refractivity contribution in [3.63, 3.8) is 0 Å². The third kappa shape index (κ3) is 2.97. The quantitative estimate of drug-likeness (QED) is 0.835. The molecule has 1 fully saturated rings. The number of hydrogen-bond acceptors (Lipinski definition) is 7. The van der Waals surface area contributed by atoms with Crippen LogP contribution in [0.25, 0.3) is 16.7 Å². The third-order valence-corrected chi connectivity index (χ3v) is 5.37. The molecule has 1 unspecified atom stereocenters. The van der Waals surface area contributed by atoms with E-state index in [4.69, 9.17) is 4.42 Å². The lowest BCUT2D eigenvalue weighted by Gasteiger charge is -2.33. The summed E-state index contributed by atoms with van der Waals surface area (Å²) >= 11 is 0. The highest BCUT2D eigenvalue weighted by Gasteiger charge is 2.25. The molecule has 1 aromatic heterocycles. The lowest BCUT2D eigenvalue weighted by Crippen LogP contribution is -2.49. The first kappa shape index (κ1) is 17.1. The lowest BCUT2D eigenvalue weighted by atomic mass is 10.1. The summed E-state index contributed by atoms with van der Waals surface area (Å²) in [6.45, 7) is 6.93. The number of allylic oxidation sites excluding steroid dienone is 1. The van der Waals surface area contributed by atoms with Crippen LogP contribution in [0.2, 0.25) is 0 Å². The second kappa shape index (κ2) is 6.53. The highest BCUT2D eigenvalue weighted by Crippen LogP contribution is 2.26. The SMILES string of the molecule is CC1=CN2C=C(c3cc(=O)c4cc(N5CCN[C@@H](C)C5)ccc4o3)NC2C=N1. The fraction of sp³-hybridized carbons (Fsp3) is 0.333. The maximum atomic E-state index is 12.8. The van der Waals surface area contributed by atoms with E-state index in [1.54, 1.807) is 6.07 Å². The van der Waals surface area contributed by atoms with Crippen LogP contribution >= 0.6 is 0 Å². The molecule has 3 aliphatic heterocycles. The fourth-order valence-corrected chi connectivity index (χ4v) is 3.94. The highest BCUT2D eigenvalue weighted by molar-refractivity contribution is 5.83. The molecule has 7 heteroatoms. The van der Waals surface area contributed by atoms with Crippen molar-refractivity contribution in [3.8, 4) is 0 Å². The van der Waals surface area contributed by atoms with Gasteiger partial charge in [-0.05, 0) is 32.0 Å². The zero-order valence-electron chi connectivity index (χ0n) is 16.0. The molecule has 144 valence electrons. The van der Waals surface area contributed by atoms with E-state index < -0.39 is 0 Å². The van der Waals surface area contributed by atoms with Crippen LogP contribution in [-0.2, 0) is 0 Å². The van der Waals surface area contributed by atoms with Gasteiger partial charge in [-0.15, -0.1) is 0 Å². The number of benzene rings is 1. The number of aliphatic imine (C=N–C) groups is 1. The molecule has 0 aliphatic carbocycles. The van der Waals surface area contributed by atoms with Gasteiger partial charge in [-0.2, -0.15) is 0 Å². The van der Waals surface area contributed by atoms with E-state index in [9.17, 15) is 4.79 Å². The summed E-state index contributed by atoms with van der Waals surface area (Å²) in [4.78, 5) is 21.5. The molecule has 2 aromatic rings. The van der Waals surface area contributed by atoms with Crippen molar-refractivity contribution in [1.29, 1.82) is 0 Å². The van der Waals surface area contributed by atoms with E-state index in [1.807, 2.05) is 48.6 Å². The van der Waals surface area contributed by atoms with Gasteiger partial charge in [0.2, 0.25) is 0 Å². The van der Waals surface area contributed by atoms with E-state index in [0.29, 0.717) is 22.8 Å². The normalized spacial score (nSPS) is 24.1. The van der Waals surface area contributed by atoms with E-state index >= 15 is 0 Å². The zero-order valence-corrected chi connectivity index (χ0v) is 16.0. The second-order valence-corrected chi connectivity index (χ2v) is 7.58. The Kier molecular flexibility index (Phi) is 3.98. The Morgan fingerprint density at radius 2 is 2.14 bits per heavy atom. The molecule has 0 saturated carbocycles. The lowest BCUT2D eigenvalue weighted by molar-refractivity contribution is 0.450. The smallest absolute Gasteiger partial charge is 0.193 e. The van der Waals surface area contributed by atoms with Crippen LogP contribution in [0.15, 0.2) is 56.6 Å². The Bertz CT molecular complexity index is 1080. The largest absolute Gasteiger partial charge is 0.454 e. The monoisotopic (exact) mass is 377 g/mol. The Balaban J connectivity index is 1.48. The van der Waals surface area contributed by atoms with Crippen molar-refractivity contribution in [3.05, 3.63) is 58.3 Å². The molecule has 3 aliphatic rings. The van der Waals surface area contributed by atoms with E-state index in [2.05, 4.69) is 27.4 Å².